The molecule has 1 aliphatic carbocycles. The summed E-state index contributed by atoms with van der Waals surface area (Å²) in [7, 11) is -4.08. The van der Waals surface area contributed by atoms with Crippen molar-refractivity contribution in [2.45, 2.75) is 37.5 Å². The summed E-state index contributed by atoms with van der Waals surface area (Å²) in [6, 6.07) is 1.57. The number of ketones is 1. The minimum absolute atomic E-state index is 0.0281. The van der Waals surface area contributed by atoms with Crippen LogP contribution in [0.5, 0.6) is 0 Å². The van der Waals surface area contributed by atoms with E-state index in [2.05, 4.69) is 31.1 Å². The van der Waals surface area contributed by atoms with Crippen molar-refractivity contribution < 1.29 is 32.3 Å². The van der Waals surface area contributed by atoms with Gasteiger partial charge in [0, 0.05) is 18.3 Å². The first kappa shape index (κ1) is 24.4. The second-order valence-corrected chi connectivity index (χ2v) is 9.80. The molecule has 1 aliphatic heterocycles. The van der Waals surface area contributed by atoms with Gasteiger partial charge in [0.1, 0.15) is 18.6 Å². The van der Waals surface area contributed by atoms with Crippen LogP contribution in [0.3, 0.4) is 0 Å². The number of ether oxygens (including phenoxy) is 1. The Labute approximate surface area is 196 Å². The quantitative estimate of drug-likeness (QED) is 0.300. The number of nitrogens with zero attached hydrogens (tertiary/aromatic N) is 4. The van der Waals surface area contributed by atoms with Gasteiger partial charge in [0.05, 0.1) is 37.2 Å². The molecule has 0 spiro atoms. The van der Waals surface area contributed by atoms with E-state index >= 15 is 0 Å². The molecule has 2 aliphatic rings. The summed E-state index contributed by atoms with van der Waals surface area (Å²) in [5, 5.41) is 29.3. The normalized spacial score (nSPS) is 23.7. The first-order valence-corrected chi connectivity index (χ1v) is 12.1. The van der Waals surface area contributed by atoms with Crippen LogP contribution in [0.15, 0.2) is 24.8 Å². The Balaban J connectivity index is 1.40. The monoisotopic (exact) mass is 491 g/mol. The third-order valence-electron chi connectivity index (χ3n) is 5.84. The van der Waals surface area contributed by atoms with Crippen LogP contribution in [0.1, 0.15) is 34.6 Å². The second-order valence-electron chi connectivity index (χ2n) is 8.58. The molecule has 2 aromatic rings. The highest BCUT2D eigenvalue weighted by Gasteiger charge is 2.35. The summed E-state index contributed by atoms with van der Waals surface area (Å²) in [6.45, 7) is 0.363. The lowest BCUT2D eigenvalue weighted by atomic mass is 9.96. The van der Waals surface area contributed by atoms with E-state index in [0.717, 1.165) is 0 Å². The second kappa shape index (κ2) is 9.87. The van der Waals surface area contributed by atoms with E-state index in [1.54, 1.807) is 12.3 Å². The zero-order valence-corrected chi connectivity index (χ0v) is 19.0. The predicted molar refractivity (Wildman–Crippen MR) is 116 cm³/mol. The highest BCUT2D eigenvalue weighted by Crippen LogP contribution is 2.34. The average Bonchev–Trinajstić information content (AvgIpc) is 3.37. The van der Waals surface area contributed by atoms with E-state index in [0.29, 0.717) is 30.5 Å². The van der Waals surface area contributed by atoms with Gasteiger partial charge in [-0.25, -0.2) is 15.1 Å². The molecule has 34 heavy (non-hydrogen) atoms. The number of aliphatic hydroxyl groups excluding tert-OH is 1. The van der Waals surface area contributed by atoms with Gasteiger partial charge in [-0.15, -0.1) is 0 Å². The molecular weight excluding hydrogens is 466 g/mol. The molecule has 1 saturated heterocycles. The first-order valence-electron chi connectivity index (χ1n) is 10.6. The van der Waals surface area contributed by atoms with E-state index < -0.39 is 22.0 Å². The lowest BCUT2D eigenvalue weighted by Gasteiger charge is -2.30. The topological polar surface area (TPSA) is 180 Å². The standard InChI is InChI=1S/C21H25N5O7S/c22-34(30,31)33-10-15-6-14(8-19(15)27)7-18-16(9-23-13-24-18)20(28)17-2-5-26(25-17)4-1-3-21(29)11-32-12-21/h2,5,9,13-15,19,27,29H,4,6-8,10-12H2,(H2,22,30,31)/t14-,15+,19-/m0/s1. The van der Waals surface area contributed by atoms with E-state index in [1.165, 1.54) is 17.2 Å². The summed E-state index contributed by atoms with van der Waals surface area (Å²) in [4.78, 5) is 21.3. The van der Waals surface area contributed by atoms with Crippen LogP contribution in [0.4, 0.5) is 0 Å². The number of carbonyl (C=O) groups excluding carboxylic acids is 1. The fourth-order valence-corrected chi connectivity index (χ4v) is 4.45. The minimum Gasteiger partial charge on any atom is -0.393 e. The molecule has 3 atom stereocenters. The fourth-order valence-electron chi connectivity index (χ4n) is 4.09. The summed E-state index contributed by atoms with van der Waals surface area (Å²) >= 11 is 0. The molecule has 0 aromatic carbocycles. The maximum Gasteiger partial charge on any atom is 0.333 e. The zero-order chi connectivity index (χ0) is 24.3. The van der Waals surface area contributed by atoms with E-state index in [1.807, 2.05) is 0 Å². The molecule has 0 bridgehead atoms. The molecule has 0 radical (unpaired) electrons. The zero-order valence-electron chi connectivity index (χ0n) is 18.2. The van der Waals surface area contributed by atoms with Gasteiger partial charge < -0.3 is 14.9 Å². The highest BCUT2D eigenvalue weighted by molar-refractivity contribution is 7.84. The SMILES string of the molecule is NS(=O)(=O)OC[C@H]1C[C@@H](Cc2ncncc2C(=O)c2ccn(CC#CC3(O)COC3)n2)C[C@@H]1O. The van der Waals surface area contributed by atoms with Gasteiger partial charge >= 0.3 is 10.3 Å². The van der Waals surface area contributed by atoms with Gasteiger partial charge in [0.25, 0.3) is 0 Å². The Morgan fingerprint density at radius 1 is 1.38 bits per heavy atom. The molecule has 12 nitrogen and oxygen atoms in total. The van der Waals surface area contributed by atoms with Crippen molar-refractivity contribution >= 4 is 16.1 Å². The van der Waals surface area contributed by atoms with Gasteiger partial charge in [-0.3, -0.25) is 13.7 Å². The van der Waals surface area contributed by atoms with Crippen LogP contribution < -0.4 is 5.14 Å². The average molecular weight is 492 g/mol. The highest BCUT2D eigenvalue weighted by atomic mass is 32.2. The number of aliphatic hydroxyl groups is 2. The molecule has 3 heterocycles. The van der Waals surface area contributed by atoms with Crippen molar-refractivity contribution in [3.8, 4) is 11.8 Å². The van der Waals surface area contributed by atoms with Gasteiger partial charge in [-0.2, -0.15) is 13.5 Å². The van der Waals surface area contributed by atoms with Crippen molar-refractivity contribution in [2.75, 3.05) is 19.8 Å². The lowest BCUT2D eigenvalue weighted by molar-refractivity contribution is -0.140. The maximum absolute atomic E-state index is 13.1. The molecule has 13 heteroatoms. The molecule has 182 valence electrons. The third kappa shape index (κ3) is 6.03. The van der Waals surface area contributed by atoms with Gasteiger partial charge in [0.15, 0.2) is 5.60 Å². The summed E-state index contributed by atoms with van der Waals surface area (Å²) in [6.07, 6.45) is 4.98. The Kier molecular flexibility index (Phi) is 7.08. The van der Waals surface area contributed by atoms with Gasteiger partial charge in [0.2, 0.25) is 5.78 Å². The smallest absolute Gasteiger partial charge is 0.333 e. The fraction of sp³-hybridized carbons (Fsp3) is 0.524. The van der Waals surface area contributed by atoms with Crippen molar-refractivity contribution in [1.82, 2.24) is 19.7 Å². The molecule has 2 fully saturated rings. The van der Waals surface area contributed by atoms with Crippen LogP contribution in [-0.2, 0) is 32.2 Å². The third-order valence-corrected chi connectivity index (χ3v) is 6.30. The number of hydrogen-bond acceptors (Lipinski definition) is 10. The van der Waals surface area contributed by atoms with Gasteiger partial charge in [-0.1, -0.05) is 11.8 Å². The summed E-state index contributed by atoms with van der Waals surface area (Å²) in [5.74, 6) is 4.80. The van der Waals surface area contributed by atoms with E-state index in [4.69, 9.17) is 9.88 Å². The molecule has 4 N–H and O–H groups in total. The van der Waals surface area contributed by atoms with Crippen molar-refractivity contribution in [3.05, 3.63) is 41.7 Å². The van der Waals surface area contributed by atoms with Crippen LogP contribution in [0.25, 0.3) is 0 Å². The van der Waals surface area contributed by atoms with Crippen molar-refractivity contribution in [2.24, 2.45) is 17.0 Å². The molecular formula is C21H25N5O7S. The van der Waals surface area contributed by atoms with E-state index in [9.17, 15) is 23.4 Å². The number of aromatic nitrogens is 4. The molecule has 0 amide bonds. The first-order chi connectivity index (χ1) is 16.1. The Morgan fingerprint density at radius 2 is 2.18 bits per heavy atom. The van der Waals surface area contributed by atoms with Crippen molar-refractivity contribution in [1.29, 1.82) is 0 Å². The van der Waals surface area contributed by atoms with E-state index in [-0.39, 0.29) is 49.7 Å². The molecule has 0 unspecified atom stereocenters. The lowest BCUT2D eigenvalue weighted by Crippen LogP contribution is -2.48. The number of nitrogens with two attached hydrogens (primary N) is 1. The minimum atomic E-state index is -4.08. The van der Waals surface area contributed by atoms with Crippen molar-refractivity contribution in [3.63, 3.8) is 0 Å². The van der Waals surface area contributed by atoms with Crippen LogP contribution >= 0.6 is 0 Å². The van der Waals surface area contributed by atoms with Crippen LogP contribution in [-0.4, -0.2) is 75.7 Å². The number of hydrogen-bond donors (Lipinski definition) is 3. The molecule has 1 saturated carbocycles. The maximum atomic E-state index is 13.1. The predicted octanol–water partition coefficient (Wildman–Crippen LogP) is -1.18. The van der Waals surface area contributed by atoms with Crippen LogP contribution in [0.2, 0.25) is 0 Å². The Morgan fingerprint density at radius 3 is 2.88 bits per heavy atom. The molecule has 2 aromatic heterocycles. The Bertz CT molecular complexity index is 1220. The summed E-state index contributed by atoms with van der Waals surface area (Å²) in [5.41, 5.74) is -0.0840. The van der Waals surface area contributed by atoms with Crippen LogP contribution in [0, 0.1) is 23.7 Å². The largest absolute Gasteiger partial charge is 0.393 e. The number of carbonyl (C=O) groups is 1. The Hall–Kier alpha value is -2.73. The molecule has 4 rings (SSSR count). The van der Waals surface area contributed by atoms with Gasteiger partial charge in [-0.05, 0) is 31.2 Å². The number of rotatable bonds is 8. The summed E-state index contributed by atoms with van der Waals surface area (Å²) < 4.78 is 33.1.